The summed E-state index contributed by atoms with van der Waals surface area (Å²) < 4.78 is 25.3. The second kappa shape index (κ2) is 5.10. The molecule has 1 saturated heterocycles. The van der Waals surface area contributed by atoms with Crippen molar-refractivity contribution in [3.05, 3.63) is 28.3 Å². The van der Waals surface area contributed by atoms with Crippen molar-refractivity contribution in [1.29, 1.82) is 0 Å². The molecule has 1 aliphatic heterocycles. The highest BCUT2D eigenvalue weighted by Crippen LogP contribution is 2.31. The van der Waals surface area contributed by atoms with Crippen molar-refractivity contribution < 1.29 is 22.9 Å². The molecular weight excluding hydrogens is 304 g/mol. The molecule has 1 aromatic carbocycles. The molecule has 0 saturated carbocycles. The zero-order chi connectivity index (χ0) is 15.8. The Morgan fingerprint density at radius 2 is 1.81 bits per heavy atom. The van der Waals surface area contributed by atoms with Crippen LogP contribution in [0.5, 0.6) is 0 Å². The van der Waals surface area contributed by atoms with Gasteiger partial charge < -0.3 is 5.73 Å². The van der Waals surface area contributed by atoms with Crippen molar-refractivity contribution in [2.45, 2.75) is 4.90 Å². The van der Waals surface area contributed by atoms with Crippen LogP contribution in [-0.2, 0) is 19.6 Å². The third-order valence-corrected chi connectivity index (χ3v) is 4.57. The van der Waals surface area contributed by atoms with Crippen LogP contribution >= 0.6 is 0 Å². The van der Waals surface area contributed by atoms with Gasteiger partial charge in [-0.15, -0.1) is 0 Å². The SMILES string of the molecule is Nc1cccc(S(=O)(=O)N2CC(=O)NC(=O)C2)c1[N+](=O)[O-]. The lowest BCUT2D eigenvalue weighted by Gasteiger charge is -2.24. The van der Waals surface area contributed by atoms with Crippen LogP contribution in [0.15, 0.2) is 23.1 Å². The molecule has 10 nitrogen and oxygen atoms in total. The van der Waals surface area contributed by atoms with E-state index in [4.69, 9.17) is 5.73 Å². The van der Waals surface area contributed by atoms with Crippen LogP contribution in [0.25, 0.3) is 0 Å². The van der Waals surface area contributed by atoms with Gasteiger partial charge in [0.1, 0.15) is 5.69 Å². The Balaban J connectivity index is 2.55. The molecular formula is C10H10N4O6S. The van der Waals surface area contributed by atoms with Crippen molar-refractivity contribution in [2.75, 3.05) is 18.8 Å². The summed E-state index contributed by atoms with van der Waals surface area (Å²) in [6, 6.07) is 3.42. The van der Waals surface area contributed by atoms with E-state index in [0.29, 0.717) is 4.31 Å². The number of nitro groups is 1. The number of carbonyl (C=O) groups excluding carboxylic acids is 2. The number of anilines is 1. The summed E-state index contributed by atoms with van der Waals surface area (Å²) in [5, 5.41) is 12.9. The fourth-order valence-electron chi connectivity index (χ4n) is 1.86. The van der Waals surface area contributed by atoms with Gasteiger partial charge in [-0.05, 0) is 12.1 Å². The highest BCUT2D eigenvalue weighted by Gasteiger charge is 2.37. The third kappa shape index (κ3) is 2.68. The van der Waals surface area contributed by atoms with E-state index in [-0.39, 0.29) is 5.69 Å². The number of rotatable bonds is 3. The van der Waals surface area contributed by atoms with E-state index in [0.717, 1.165) is 6.07 Å². The molecule has 1 heterocycles. The number of nitrogens with one attached hydrogen (secondary N) is 1. The number of hydrogen-bond acceptors (Lipinski definition) is 7. The van der Waals surface area contributed by atoms with E-state index in [1.165, 1.54) is 12.1 Å². The Kier molecular flexibility index (Phi) is 3.61. The minimum Gasteiger partial charge on any atom is -0.393 e. The first-order valence-electron chi connectivity index (χ1n) is 5.59. The summed E-state index contributed by atoms with van der Waals surface area (Å²) in [5.74, 6) is -1.61. The average molecular weight is 314 g/mol. The molecule has 0 aromatic heterocycles. The van der Waals surface area contributed by atoms with Gasteiger partial charge in [-0.1, -0.05) is 6.07 Å². The quantitative estimate of drug-likeness (QED) is 0.308. The topological polar surface area (TPSA) is 153 Å². The normalized spacial score (nSPS) is 16.6. The number of imide groups is 1. The number of sulfonamides is 1. The van der Waals surface area contributed by atoms with Gasteiger partial charge in [0.2, 0.25) is 11.8 Å². The van der Waals surface area contributed by atoms with E-state index in [2.05, 4.69) is 0 Å². The number of hydrogen-bond donors (Lipinski definition) is 2. The number of nitrogen functional groups attached to an aromatic ring is 1. The van der Waals surface area contributed by atoms with E-state index in [9.17, 15) is 28.1 Å². The van der Waals surface area contributed by atoms with Gasteiger partial charge in [-0.3, -0.25) is 25.0 Å². The molecule has 21 heavy (non-hydrogen) atoms. The summed E-state index contributed by atoms with van der Waals surface area (Å²) in [6.07, 6.45) is 0. The van der Waals surface area contributed by atoms with Gasteiger partial charge in [0.15, 0.2) is 4.90 Å². The van der Waals surface area contributed by atoms with Crippen LogP contribution in [0, 0.1) is 10.1 Å². The van der Waals surface area contributed by atoms with Crippen LogP contribution in [-0.4, -0.2) is 42.6 Å². The number of amides is 2. The lowest BCUT2D eigenvalue weighted by Crippen LogP contribution is -2.53. The van der Waals surface area contributed by atoms with E-state index in [1.807, 2.05) is 5.32 Å². The lowest BCUT2D eigenvalue weighted by molar-refractivity contribution is -0.386. The Labute approximate surface area is 118 Å². The predicted octanol–water partition coefficient (Wildman–Crippen LogP) is -1.18. The van der Waals surface area contributed by atoms with Crippen LogP contribution < -0.4 is 11.1 Å². The highest BCUT2D eigenvalue weighted by atomic mass is 32.2. The Morgan fingerprint density at radius 3 is 2.33 bits per heavy atom. The largest absolute Gasteiger partial charge is 0.393 e. The minimum atomic E-state index is -4.40. The molecule has 1 aromatic rings. The first-order valence-corrected chi connectivity index (χ1v) is 7.03. The van der Waals surface area contributed by atoms with E-state index < -0.39 is 50.4 Å². The molecule has 0 unspecified atom stereocenters. The molecule has 2 amide bonds. The number of nitrogens with zero attached hydrogens (tertiary/aromatic N) is 2. The number of para-hydroxylation sites is 1. The van der Waals surface area contributed by atoms with Crippen LogP contribution in [0.1, 0.15) is 0 Å². The summed E-state index contributed by atoms with van der Waals surface area (Å²) in [7, 11) is -4.40. The molecule has 0 radical (unpaired) electrons. The number of piperazine rings is 1. The third-order valence-electron chi connectivity index (χ3n) is 2.75. The highest BCUT2D eigenvalue weighted by molar-refractivity contribution is 7.89. The van der Waals surface area contributed by atoms with E-state index >= 15 is 0 Å². The fourth-order valence-corrected chi connectivity index (χ4v) is 3.40. The predicted molar refractivity (Wildman–Crippen MR) is 69.4 cm³/mol. The molecule has 0 bridgehead atoms. The van der Waals surface area contributed by atoms with Crippen molar-refractivity contribution in [1.82, 2.24) is 9.62 Å². The van der Waals surface area contributed by atoms with Crippen LogP contribution in [0.2, 0.25) is 0 Å². The van der Waals surface area contributed by atoms with Crippen molar-refractivity contribution in [3.8, 4) is 0 Å². The Morgan fingerprint density at radius 1 is 1.24 bits per heavy atom. The number of nitrogens with two attached hydrogens (primary N) is 1. The van der Waals surface area contributed by atoms with Gasteiger partial charge >= 0.3 is 5.69 Å². The first-order chi connectivity index (χ1) is 9.73. The fraction of sp³-hybridized carbons (Fsp3) is 0.200. The van der Waals surface area contributed by atoms with Gasteiger partial charge in [-0.2, -0.15) is 4.31 Å². The summed E-state index contributed by atoms with van der Waals surface area (Å²) in [6.45, 7) is -1.19. The standard InChI is InChI=1S/C10H10N4O6S/c11-6-2-1-3-7(10(6)14(17)18)21(19,20)13-4-8(15)12-9(16)5-13/h1-3H,4-5,11H2,(H,12,15,16). The number of nitro benzene ring substituents is 1. The van der Waals surface area contributed by atoms with Gasteiger partial charge in [0, 0.05) is 0 Å². The molecule has 2 rings (SSSR count). The van der Waals surface area contributed by atoms with E-state index in [1.54, 1.807) is 0 Å². The van der Waals surface area contributed by atoms with Crippen molar-refractivity contribution in [3.63, 3.8) is 0 Å². The van der Waals surface area contributed by atoms with Crippen LogP contribution in [0.4, 0.5) is 11.4 Å². The molecule has 0 atom stereocenters. The monoisotopic (exact) mass is 314 g/mol. The molecule has 1 aliphatic rings. The van der Waals surface area contributed by atoms with Gasteiger partial charge in [0.25, 0.3) is 10.0 Å². The average Bonchev–Trinajstić information content (AvgIpc) is 2.36. The Bertz CT molecular complexity index is 728. The molecule has 11 heteroatoms. The second-order valence-electron chi connectivity index (χ2n) is 4.20. The smallest absolute Gasteiger partial charge is 0.312 e. The molecule has 1 fully saturated rings. The van der Waals surface area contributed by atoms with Crippen molar-refractivity contribution >= 4 is 33.2 Å². The maximum Gasteiger partial charge on any atom is 0.312 e. The first kappa shape index (κ1) is 14.9. The number of benzene rings is 1. The van der Waals surface area contributed by atoms with Gasteiger partial charge in [0.05, 0.1) is 18.0 Å². The van der Waals surface area contributed by atoms with Gasteiger partial charge in [-0.25, -0.2) is 8.42 Å². The Hall–Kier alpha value is -2.53. The maximum atomic E-state index is 12.4. The molecule has 0 aliphatic carbocycles. The minimum absolute atomic E-state index is 0.325. The summed E-state index contributed by atoms with van der Waals surface area (Å²) in [4.78, 5) is 31.9. The lowest BCUT2D eigenvalue weighted by atomic mass is 10.3. The summed E-state index contributed by atoms with van der Waals surface area (Å²) in [5.41, 5.74) is 4.33. The molecule has 112 valence electrons. The van der Waals surface area contributed by atoms with Crippen LogP contribution in [0.3, 0.4) is 0 Å². The second-order valence-corrected chi connectivity index (χ2v) is 6.10. The van der Waals surface area contributed by atoms with Crippen molar-refractivity contribution in [2.24, 2.45) is 0 Å². The molecule has 0 spiro atoms. The zero-order valence-corrected chi connectivity index (χ0v) is 11.3. The maximum absolute atomic E-state index is 12.4. The zero-order valence-electron chi connectivity index (χ0n) is 10.5. The number of carbonyl (C=O) groups is 2. The molecule has 3 N–H and O–H groups in total. The summed E-state index contributed by atoms with van der Waals surface area (Å²) >= 11 is 0.